The van der Waals surface area contributed by atoms with Crippen LogP contribution in [0.2, 0.25) is 0 Å². The minimum atomic E-state index is -2.94. The first-order valence-corrected chi connectivity index (χ1v) is 12.1. The fourth-order valence-corrected chi connectivity index (χ4v) is 5.99. The van der Waals surface area contributed by atoms with Gasteiger partial charge in [-0.25, -0.2) is 13.1 Å². The average molecular weight is 422 g/mol. The maximum atomic E-state index is 12.0. The van der Waals surface area contributed by atoms with E-state index in [2.05, 4.69) is 28.3 Å². The van der Waals surface area contributed by atoms with Crippen molar-refractivity contribution >= 4 is 22.1 Å². The number of pyridine rings is 1. The molecule has 152 valence electrons. The third-order valence-electron chi connectivity index (χ3n) is 5.36. The molecule has 2 fully saturated rings. The van der Waals surface area contributed by atoms with Crippen molar-refractivity contribution in [1.82, 2.24) is 24.2 Å². The zero-order valence-corrected chi connectivity index (χ0v) is 18.0. The Morgan fingerprint density at radius 1 is 1.25 bits per heavy atom. The van der Waals surface area contributed by atoms with Crippen molar-refractivity contribution in [3.63, 3.8) is 0 Å². The number of rotatable bonds is 7. The van der Waals surface area contributed by atoms with Crippen LogP contribution in [0.5, 0.6) is 0 Å². The van der Waals surface area contributed by atoms with E-state index in [0.717, 1.165) is 30.8 Å². The molecule has 2 aromatic heterocycles. The van der Waals surface area contributed by atoms with Gasteiger partial charge in [0.1, 0.15) is 0 Å². The van der Waals surface area contributed by atoms with Crippen LogP contribution >= 0.6 is 12.2 Å². The molecule has 1 atom stereocenters. The molecule has 1 aliphatic carbocycles. The molecule has 1 aliphatic heterocycles. The van der Waals surface area contributed by atoms with Gasteiger partial charge in [0.25, 0.3) is 0 Å². The number of nitrogens with zero attached hydrogens (tertiary/aromatic N) is 5. The van der Waals surface area contributed by atoms with Gasteiger partial charge in [-0.3, -0.25) is 14.5 Å². The molecule has 1 saturated carbocycles. The smallest absolute Gasteiger partial charge is 0.199 e. The molecule has 2 aromatic rings. The second-order valence-electron chi connectivity index (χ2n) is 8.31. The van der Waals surface area contributed by atoms with Crippen molar-refractivity contribution in [2.75, 3.05) is 18.1 Å². The van der Waals surface area contributed by atoms with Crippen molar-refractivity contribution < 1.29 is 8.42 Å². The van der Waals surface area contributed by atoms with Crippen LogP contribution in [0.15, 0.2) is 24.5 Å². The second-order valence-corrected chi connectivity index (χ2v) is 10.9. The van der Waals surface area contributed by atoms with E-state index < -0.39 is 9.84 Å². The largest absolute Gasteiger partial charge is 0.297 e. The summed E-state index contributed by atoms with van der Waals surface area (Å²) >= 11 is 5.78. The Balaban J connectivity index is 1.67. The summed E-state index contributed by atoms with van der Waals surface area (Å²) in [6, 6.07) is 4.35. The molecular formula is C19H27N5O2S2. The zero-order chi connectivity index (χ0) is 19.9. The molecule has 1 unspecified atom stereocenters. The molecule has 0 amide bonds. The number of hydrogen-bond donors (Lipinski definition) is 0. The Kier molecular flexibility index (Phi) is 5.41. The second kappa shape index (κ2) is 7.68. The lowest BCUT2D eigenvalue weighted by molar-refractivity contribution is 0.137. The highest BCUT2D eigenvalue weighted by atomic mass is 32.2. The Bertz CT molecular complexity index is 993. The highest BCUT2D eigenvalue weighted by Gasteiger charge is 2.34. The molecule has 7 nitrogen and oxygen atoms in total. The minimum absolute atomic E-state index is 0.0322. The van der Waals surface area contributed by atoms with Crippen molar-refractivity contribution in [1.29, 1.82) is 0 Å². The molecule has 0 N–H and O–H groups in total. The third kappa shape index (κ3) is 4.21. The molecule has 28 heavy (non-hydrogen) atoms. The van der Waals surface area contributed by atoms with Gasteiger partial charge in [-0.2, -0.15) is 5.10 Å². The van der Waals surface area contributed by atoms with Crippen LogP contribution in [0.1, 0.15) is 39.2 Å². The molecule has 0 bridgehead atoms. The fraction of sp³-hybridized carbons (Fsp3) is 0.632. The van der Waals surface area contributed by atoms with Gasteiger partial charge in [-0.05, 0) is 49.5 Å². The van der Waals surface area contributed by atoms with E-state index in [-0.39, 0.29) is 17.5 Å². The molecule has 2 aliphatic rings. The summed E-state index contributed by atoms with van der Waals surface area (Å²) in [5, 5.41) is 4.85. The van der Waals surface area contributed by atoms with E-state index in [9.17, 15) is 8.42 Å². The van der Waals surface area contributed by atoms with E-state index in [1.54, 1.807) is 12.4 Å². The predicted molar refractivity (Wildman–Crippen MR) is 111 cm³/mol. The van der Waals surface area contributed by atoms with Gasteiger partial charge in [0.15, 0.2) is 20.4 Å². The molecule has 3 heterocycles. The summed E-state index contributed by atoms with van der Waals surface area (Å²) in [6.07, 6.45) is 6.46. The van der Waals surface area contributed by atoms with Crippen LogP contribution in [-0.4, -0.2) is 56.7 Å². The zero-order valence-electron chi connectivity index (χ0n) is 16.4. The predicted octanol–water partition coefficient (Wildman–Crippen LogP) is 2.91. The monoisotopic (exact) mass is 421 g/mol. The summed E-state index contributed by atoms with van der Waals surface area (Å²) in [7, 11) is -2.94. The van der Waals surface area contributed by atoms with Crippen LogP contribution in [0.3, 0.4) is 0 Å². The topological polar surface area (TPSA) is 73.0 Å². The van der Waals surface area contributed by atoms with Crippen LogP contribution in [0.25, 0.3) is 11.4 Å². The van der Waals surface area contributed by atoms with Gasteiger partial charge in [0.05, 0.1) is 18.2 Å². The Hall–Kier alpha value is -1.58. The maximum Gasteiger partial charge on any atom is 0.199 e. The van der Waals surface area contributed by atoms with Crippen molar-refractivity contribution in [2.45, 2.75) is 51.9 Å². The van der Waals surface area contributed by atoms with E-state index in [1.807, 2.05) is 16.8 Å². The minimum Gasteiger partial charge on any atom is -0.297 e. The lowest BCUT2D eigenvalue weighted by Crippen LogP contribution is -2.40. The first-order chi connectivity index (χ1) is 13.3. The normalized spacial score (nSPS) is 21.6. The summed E-state index contributed by atoms with van der Waals surface area (Å²) < 4.78 is 28.8. The number of hydrogen-bond acceptors (Lipinski definition) is 6. The van der Waals surface area contributed by atoms with Gasteiger partial charge in [0, 0.05) is 36.6 Å². The van der Waals surface area contributed by atoms with E-state index in [1.165, 1.54) is 0 Å². The molecular weight excluding hydrogens is 394 g/mol. The van der Waals surface area contributed by atoms with Crippen LogP contribution in [0, 0.1) is 10.7 Å². The number of sulfone groups is 1. The van der Waals surface area contributed by atoms with E-state index >= 15 is 0 Å². The van der Waals surface area contributed by atoms with Gasteiger partial charge >= 0.3 is 0 Å². The molecule has 4 rings (SSSR count). The lowest BCUT2D eigenvalue weighted by Gasteiger charge is -2.29. The standard InChI is InChI=1S/C19H27N5O2S2/c1-14(2)11-22(17-7-10-28(25,26)12-17)13-23-19(27)24(16-3-4-16)18(21-23)15-5-8-20-9-6-15/h5-6,8-9,14,16-17H,3-4,7,10-13H2,1-2H3. The Morgan fingerprint density at radius 2 is 1.96 bits per heavy atom. The van der Waals surface area contributed by atoms with E-state index in [4.69, 9.17) is 17.3 Å². The van der Waals surface area contributed by atoms with Gasteiger partial charge in [0.2, 0.25) is 0 Å². The summed E-state index contributed by atoms with van der Waals surface area (Å²) in [5.74, 6) is 1.81. The molecule has 0 aromatic carbocycles. The van der Waals surface area contributed by atoms with Crippen molar-refractivity contribution in [3.8, 4) is 11.4 Å². The quantitative estimate of drug-likeness (QED) is 0.640. The molecule has 0 spiro atoms. The fourth-order valence-electron chi connectivity index (χ4n) is 3.90. The highest BCUT2D eigenvalue weighted by molar-refractivity contribution is 7.91. The van der Waals surface area contributed by atoms with Crippen molar-refractivity contribution in [2.24, 2.45) is 5.92 Å². The van der Waals surface area contributed by atoms with Crippen LogP contribution in [0.4, 0.5) is 0 Å². The van der Waals surface area contributed by atoms with Gasteiger partial charge in [-0.1, -0.05) is 13.8 Å². The maximum absolute atomic E-state index is 12.0. The first-order valence-electron chi connectivity index (χ1n) is 9.88. The number of aromatic nitrogens is 4. The van der Waals surface area contributed by atoms with Gasteiger partial charge < -0.3 is 0 Å². The average Bonchev–Trinajstić information content (AvgIpc) is 3.34. The van der Waals surface area contributed by atoms with E-state index in [0.29, 0.717) is 29.8 Å². The highest BCUT2D eigenvalue weighted by Crippen LogP contribution is 2.38. The van der Waals surface area contributed by atoms with Gasteiger partial charge in [-0.15, -0.1) is 0 Å². The molecule has 0 radical (unpaired) electrons. The third-order valence-corrected chi connectivity index (χ3v) is 7.52. The SMILES string of the molecule is CC(C)CN(Cn1nc(-c2ccncc2)n(C2CC2)c1=S)C1CCS(=O)(=O)C1. The Labute approximate surface area is 171 Å². The summed E-state index contributed by atoms with van der Waals surface area (Å²) in [4.78, 5) is 6.34. The van der Waals surface area contributed by atoms with Crippen LogP contribution in [-0.2, 0) is 16.5 Å². The molecule has 1 saturated heterocycles. The molecule has 9 heteroatoms. The summed E-state index contributed by atoms with van der Waals surface area (Å²) in [5.41, 5.74) is 1.01. The Morgan fingerprint density at radius 3 is 2.54 bits per heavy atom. The lowest BCUT2D eigenvalue weighted by atomic mass is 10.1. The van der Waals surface area contributed by atoms with Crippen LogP contribution < -0.4 is 0 Å². The first kappa shape index (κ1) is 19.7. The van der Waals surface area contributed by atoms with Crippen molar-refractivity contribution in [3.05, 3.63) is 29.3 Å². The summed E-state index contributed by atoms with van der Waals surface area (Å²) in [6.45, 7) is 5.65.